The average molecular weight is 464 g/mol. The zero-order valence-electron chi connectivity index (χ0n) is 18.6. The van der Waals surface area contributed by atoms with Gasteiger partial charge in [-0.1, -0.05) is 30.3 Å². The Labute approximate surface area is 196 Å². The number of anilines is 2. The lowest BCUT2D eigenvalue weighted by atomic mass is 9.90. The van der Waals surface area contributed by atoms with Gasteiger partial charge in [-0.15, -0.1) is 0 Å². The lowest BCUT2D eigenvalue weighted by Crippen LogP contribution is -2.39. The topological polar surface area (TPSA) is 111 Å². The molecule has 1 aromatic heterocycles. The van der Waals surface area contributed by atoms with Crippen LogP contribution in [0.3, 0.4) is 0 Å². The Balaban J connectivity index is 1.27. The van der Waals surface area contributed by atoms with Gasteiger partial charge in [0.2, 0.25) is 0 Å². The molecule has 9 heteroatoms. The molecule has 0 fully saturated rings. The number of amides is 1. The number of hydrogen-bond donors (Lipinski definition) is 3. The Hall–Kier alpha value is -3.88. The maximum absolute atomic E-state index is 13.9. The molecule has 0 radical (unpaired) electrons. The number of nitrogens with zero attached hydrogens (tertiary/aromatic N) is 2. The van der Waals surface area contributed by atoms with Crippen LogP contribution < -0.4 is 16.4 Å². The van der Waals surface area contributed by atoms with Gasteiger partial charge in [0.15, 0.2) is 0 Å². The molecule has 1 aliphatic heterocycles. The van der Waals surface area contributed by atoms with Crippen molar-refractivity contribution >= 4 is 23.5 Å². The zero-order chi connectivity index (χ0) is 23.7. The number of aryl methyl sites for hydroxylation is 1. The number of carbonyl (C=O) groups is 2. The molecule has 0 saturated heterocycles. The fourth-order valence-corrected chi connectivity index (χ4v) is 4.71. The Morgan fingerprint density at radius 1 is 1.21 bits per heavy atom. The van der Waals surface area contributed by atoms with E-state index in [1.807, 2.05) is 30.3 Å². The van der Waals surface area contributed by atoms with E-state index in [1.165, 1.54) is 16.8 Å². The second kappa shape index (κ2) is 9.17. The minimum atomic E-state index is -0.530. The third kappa shape index (κ3) is 4.33. The van der Waals surface area contributed by atoms with Crippen LogP contribution in [0.1, 0.15) is 45.9 Å². The first kappa shape index (κ1) is 21.9. The van der Waals surface area contributed by atoms with Gasteiger partial charge in [-0.2, -0.15) is 9.78 Å². The lowest BCUT2D eigenvalue weighted by molar-refractivity contribution is 0.0859. The summed E-state index contributed by atoms with van der Waals surface area (Å²) in [5.74, 6) is -0.911. The number of fused-ring (bicyclic) bond motifs is 2. The predicted octanol–water partition coefficient (Wildman–Crippen LogP) is 3.63. The van der Waals surface area contributed by atoms with E-state index < -0.39 is 12.0 Å². The first-order valence-electron chi connectivity index (χ1n) is 11.4. The summed E-state index contributed by atoms with van der Waals surface area (Å²) in [6, 6.07) is 13.7. The van der Waals surface area contributed by atoms with Crippen molar-refractivity contribution < 1.29 is 18.7 Å². The second-order valence-corrected chi connectivity index (χ2v) is 8.71. The van der Waals surface area contributed by atoms with Gasteiger partial charge in [0.05, 0.1) is 11.6 Å². The molecule has 1 unspecified atom stereocenters. The fourth-order valence-electron chi connectivity index (χ4n) is 4.71. The van der Waals surface area contributed by atoms with Crippen LogP contribution in [-0.2, 0) is 24.2 Å². The fraction of sp³-hybridized carbons (Fsp3) is 0.320. The average Bonchev–Trinajstić information content (AvgIpc) is 3.18. The molecule has 4 N–H and O–H groups in total. The van der Waals surface area contributed by atoms with E-state index in [0.29, 0.717) is 37.8 Å². The van der Waals surface area contributed by atoms with E-state index in [1.54, 1.807) is 6.07 Å². The number of halogens is 1. The van der Waals surface area contributed by atoms with E-state index in [9.17, 15) is 14.0 Å². The van der Waals surface area contributed by atoms with Crippen molar-refractivity contribution in [2.75, 3.05) is 17.6 Å². The van der Waals surface area contributed by atoms with Crippen molar-refractivity contribution in [1.82, 2.24) is 15.1 Å². The molecule has 3 aromatic rings. The number of rotatable bonds is 4. The standard InChI is InChI=1S/C25H26FN5O3/c26-16-6-8-21-19(12-16)18(10-11-28-21)24(32)31-23(27)20-13-17(7-9-22(20)30-31)29-25(33)34-14-15-4-2-1-3-5-15/h1-6,8,12,17-18,28H,7,9-11,13-14,27H2,(H,29,33)/t17-,18?/m1/s1. The molecule has 5 rings (SSSR count). The Morgan fingerprint density at radius 2 is 2.03 bits per heavy atom. The number of aromatic nitrogens is 2. The summed E-state index contributed by atoms with van der Waals surface area (Å²) >= 11 is 0. The summed E-state index contributed by atoms with van der Waals surface area (Å²) in [5, 5.41) is 10.6. The number of ether oxygens (including phenoxy) is 1. The summed E-state index contributed by atoms with van der Waals surface area (Å²) in [6.07, 6.45) is 1.75. The number of nitrogen functional groups attached to an aromatic ring is 1. The zero-order valence-corrected chi connectivity index (χ0v) is 18.6. The van der Waals surface area contributed by atoms with Crippen LogP contribution >= 0.6 is 0 Å². The van der Waals surface area contributed by atoms with E-state index >= 15 is 0 Å². The Bertz CT molecular complexity index is 1230. The molecule has 2 aliphatic rings. The highest BCUT2D eigenvalue weighted by Crippen LogP contribution is 2.35. The maximum Gasteiger partial charge on any atom is 0.407 e. The van der Waals surface area contributed by atoms with Gasteiger partial charge in [-0.05, 0) is 55.0 Å². The minimum absolute atomic E-state index is 0.167. The van der Waals surface area contributed by atoms with Gasteiger partial charge >= 0.3 is 6.09 Å². The highest BCUT2D eigenvalue weighted by molar-refractivity contribution is 5.90. The number of hydrogen-bond acceptors (Lipinski definition) is 6. The molecule has 0 bridgehead atoms. The van der Waals surface area contributed by atoms with Gasteiger partial charge in [0.1, 0.15) is 18.2 Å². The van der Waals surface area contributed by atoms with E-state index in [2.05, 4.69) is 15.7 Å². The normalized spacial score (nSPS) is 18.9. The van der Waals surface area contributed by atoms with Crippen LogP contribution in [0.25, 0.3) is 0 Å². The summed E-state index contributed by atoms with van der Waals surface area (Å²) < 4.78 is 20.4. The molecule has 176 valence electrons. The van der Waals surface area contributed by atoms with Gasteiger partial charge in [0, 0.05) is 23.8 Å². The molecule has 8 nitrogen and oxygen atoms in total. The van der Waals surface area contributed by atoms with E-state index in [4.69, 9.17) is 10.5 Å². The Kier molecular flexibility index (Phi) is 5.91. The monoisotopic (exact) mass is 463 g/mol. The molecule has 2 aromatic carbocycles. The summed E-state index contributed by atoms with van der Waals surface area (Å²) in [4.78, 5) is 25.6. The molecule has 2 atom stereocenters. The third-order valence-corrected chi connectivity index (χ3v) is 6.47. The second-order valence-electron chi connectivity index (χ2n) is 8.71. The molecular weight excluding hydrogens is 437 g/mol. The van der Waals surface area contributed by atoms with Crippen LogP contribution in [-0.4, -0.2) is 34.4 Å². The first-order valence-corrected chi connectivity index (χ1v) is 11.4. The van der Waals surface area contributed by atoms with Crippen molar-refractivity contribution in [2.45, 2.75) is 44.2 Å². The predicted molar refractivity (Wildman–Crippen MR) is 125 cm³/mol. The van der Waals surface area contributed by atoms with Crippen molar-refractivity contribution in [1.29, 1.82) is 0 Å². The van der Waals surface area contributed by atoms with Gasteiger partial charge < -0.3 is 21.1 Å². The van der Waals surface area contributed by atoms with Crippen LogP contribution in [0.5, 0.6) is 0 Å². The first-order chi connectivity index (χ1) is 16.5. The summed E-state index contributed by atoms with van der Waals surface area (Å²) in [6.45, 7) is 0.796. The van der Waals surface area contributed by atoms with Crippen molar-refractivity contribution in [2.24, 2.45) is 0 Å². The van der Waals surface area contributed by atoms with Crippen molar-refractivity contribution in [3.63, 3.8) is 0 Å². The van der Waals surface area contributed by atoms with Crippen LogP contribution in [0, 0.1) is 5.82 Å². The third-order valence-electron chi connectivity index (χ3n) is 6.47. The number of nitrogens with two attached hydrogens (primary N) is 1. The minimum Gasteiger partial charge on any atom is -0.445 e. The van der Waals surface area contributed by atoms with Gasteiger partial charge in [-0.3, -0.25) is 4.79 Å². The maximum atomic E-state index is 13.9. The quantitative estimate of drug-likeness (QED) is 0.545. The molecule has 0 saturated carbocycles. The largest absolute Gasteiger partial charge is 0.445 e. The number of nitrogens with one attached hydrogen (secondary N) is 2. The van der Waals surface area contributed by atoms with E-state index in [-0.39, 0.29) is 30.2 Å². The number of alkyl carbamates (subject to hydrolysis) is 1. The highest BCUT2D eigenvalue weighted by Gasteiger charge is 2.33. The van der Waals surface area contributed by atoms with Crippen LogP contribution in [0.4, 0.5) is 20.7 Å². The summed E-state index contributed by atoms with van der Waals surface area (Å²) in [5.41, 5.74) is 10.2. The SMILES string of the molecule is Nc1c2c(nn1C(=O)C1CCNc3ccc(F)cc31)CC[C@@H](NC(=O)OCc1ccccc1)C2. The molecule has 1 amide bonds. The van der Waals surface area contributed by atoms with Crippen LogP contribution in [0.2, 0.25) is 0 Å². The number of benzene rings is 2. The Morgan fingerprint density at radius 3 is 2.85 bits per heavy atom. The van der Waals surface area contributed by atoms with Gasteiger partial charge in [-0.25, -0.2) is 9.18 Å². The lowest BCUT2D eigenvalue weighted by Gasteiger charge is -2.25. The van der Waals surface area contributed by atoms with Crippen molar-refractivity contribution in [3.05, 3.63) is 76.7 Å². The van der Waals surface area contributed by atoms with Crippen LogP contribution in [0.15, 0.2) is 48.5 Å². The van der Waals surface area contributed by atoms with Crippen molar-refractivity contribution in [3.8, 4) is 0 Å². The highest BCUT2D eigenvalue weighted by atomic mass is 19.1. The molecule has 2 heterocycles. The molecule has 34 heavy (non-hydrogen) atoms. The summed E-state index contributed by atoms with van der Waals surface area (Å²) in [7, 11) is 0. The molecular formula is C25H26FN5O3. The van der Waals surface area contributed by atoms with E-state index in [0.717, 1.165) is 22.5 Å². The molecule has 1 aliphatic carbocycles. The smallest absolute Gasteiger partial charge is 0.407 e. The number of carbonyl (C=O) groups excluding carboxylic acids is 2. The van der Waals surface area contributed by atoms with Gasteiger partial charge in [0.25, 0.3) is 5.91 Å². The molecule has 0 spiro atoms.